The maximum absolute atomic E-state index is 12.7. The zero-order valence-corrected chi connectivity index (χ0v) is 16.2. The lowest BCUT2D eigenvalue weighted by atomic mass is 10.1. The molecule has 4 rings (SSSR count). The van der Waals surface area contributed by atoms with Crippen molar-refractivity contribution < 1.29 is 13.2 Å². The van der Waals surface area contributed by atoms with Crippen LogP contribution in [0, 0.1) is 5.92 Å². The topological polar surface area (TPSA) is 78.5 Å². The molecule has 0 spiro atoms. The molecule has 2 bridgehead atoms. The normalized spacial score (nSPS) is 24.8. The molecule has 1 saturated heterocycles. The molecule has 2 aromatic rings. The lowest BCUT2D eigenvalue weighted by Crippen LogP contribution is -2.52. The van der Waals surface area contributed by atoms with Crippen LogP contribution in [0.3, 0.4) is 0 Å². The number of carbonyl (C=O) groups is 1. The number of piperidine rings is 1. The van der Waals surface area contributed by atoms with E-state index in [1.807, 2.05) is 0 Å². The second-order valence-electron chi connectivity index (χ2n) is 6.63. The monoisotopic (exact) mass is 411 g/mol. The molecular weight excluding hydrogens is 394 g/mol. The zero-order valence-electron chi connectivity index (χ0n) is 13.8. The number of likely N-dealkylation sites (tertiary alicyclic amines) is 1. The molecule has 26 heavy (non-hydrogen) atoms. The van der Waals surface area contributed by atoms with Crippen molar-refractivity contribution in [3.8, 4) is 0 Å². The summed E-state index contributed by atoms with van der Waals surface area (Å²) in [6.07, 6.45) is 1.57. The number of sulfonamides is 1. The molecule has 3 atom stereocenters. The number of hydrogen-bond acceptors (Lipinski definition) is 4. The molecule has 2 aliphatic rings. The summed E-state index contributed by atoms with van der Waals surface area (Å²) in [7, 11) is -3.55. The average molecular weight is 412 g/mol. The molecule has 1 aromatic carbocycles. The van der Waals surface area contributed by atoms with Gasteiger partial charge in [-0.25, -0.2) is 17.9 Å². The Hall–Kier alpha value is -1.61. The largest absolute Gasteiger partial charge is 0.322 e. The Morgan fingerprint density at radius 1 is 1.19 bits per heavy atom. The van der Waals surface area contributed by atoms with Gasteiger partial charge in [0.2, 0.25) is 10.0 Å². The molecule has 0 unspecified atom stereocenters. The molecule has 2 heterocycles. The van der Waals surface area contributed by atoms with Gasteiger partial charge in [0.05, 0.1) is 16.8 Å². The van der Waals surface area contributed by atoms with Crippen molar-refractivity contribution in [3.05, 3.63) is 46.8 Å². The molecule has 1 aliphatic heterocycles. The van der Waals surface area contributed by atoms with Crippen LogP contribution in [0.4, 0.5) is 10.5 Å². The number of amides is 2. The SMILES string of the molecule is O=C(Nc1ccccc1Cl)N1C[C@@H]2C[C@H](NS(=O)(=O)c3cccs3)[C@H]1C2. The standard InChI is InChI=1S/C17H18ClN3O3S2/c18-12-4-1-2-5-13(12)19-17(22)21-10-11-8-14(15(21)9-11)20-26(23,24)16-6-3-7-25-16/h1-7,11,14-15,20H,8-10H2,(H,19,22)/t11-,14+,15-/m1/s1. The first kappa shape index (κ1) is 17.8. The van der Waals surface area contributed by atoms with E-state index >= 15 is 0 Å². The van der Waals surface area contributed by atoms with E-state index in [0.29, 0.717) is 27.4 Å². The average Bonchev–Trinajstić information content (AvgIpc) is 3.33. The van der Waals surface area contributed by atoms with E-state index in [1.165, 1.54) is 11.3 Å². The van der Waals surface area contributed by atoms with E-state index in [1.54, 1.807) is 46.7 Å². The number of fused-ring (bicyclic) bond motifs is 2. The van der Waals surface area contributed by atoms with Gasteiger partial charge in [-0.1, -0.05) is 29.8 Å². The number of hydrogen-bond donors (Lipinski definition) is 2. The molecule has 0 radical (unpaired) electrons. The third-order valence-corrected chi connectivity index (χ3v) is 8.14. The second kappa shape index (κ2) is 6.84. The summed E-state index contributed by atoms with van der Waals surface area (Å²) in [5.41, 5.74) is 0.553. The molecule has 2 amide bonds. The highest BCUT2D eigenvalue weighted by Gasteiger charge is 2.48. The molecule has 6 nitrogen and oxygen atoms in total. The van der Waals surface area contributed by atoms with Crippen molar-refractivity contribution in [1.82, 2.24) is 9.62 Å². The lowest BCUT2D eigenvalue weighted by molar-refractivity contribution is 0.183. The van der Waals surface area contributed by atoms with Gasteiger partial charge in [0.1, 0.15) is 4.21 Å². The summed E-state index contributed by atoms with van der Waals surface area (Å²) in [4.78, 5) is 14.4. The number of rotatable bonds is 4. The van der Waals surface area contributed by atoms with E-state index in [4.69, 9.17) is 11.6 Å². The number of carbonyl (C=O) groups excluding carboxylic acids is 1. The third kappa shape index (κ3) is 3.34. The van der Waals surface area contributed by atoms with Crippen LogP contribution in [0.15, 0.2) is 46.0 Å². The van der Waals surface area contributed by atoms with Gasteiger partial charge in [0.25, 0.3) is 0 Å². The van der Waals surface area contributed by atoms with Crippen LogP contribution in [0.2, 0.25) is 5.02 Å². The molecule has 9 heteroatoms. The minimum absolute atomic E-state index is 0.141. The number of para-hydroxylation sites is 1. The van der Waals surface area contributed by atoms with Gasteiger partial charge >= 0.3 is 6.03 Å². The molecule has 1 aromatic heterocycles. The molecule has 1 saturated carbocycles. The first-order chi connectivity index (χ1) is 12.4. The summed E-state index contributed by atoms with van der Waals surface area (Å²) in [6, 6.07) is 9.70. The Morgan fingerprint density at radius 3 is 2.69 bits per heavy atom. The first-order valence-corrected chi connectivity index (χ1v) is 11.1. The number of halogens is 1. The van der Waals surface area contributed by atoms with Gasteiger partial charge < -0.3 is 10.2 Å². The van der Waals surface area contributed by atoms with E-state index in [2.05, 4.69) is 10.0 Å². The Bertz CT molecular complexity index is 917. The van der Waals surface area contributed by atoms with Gasteiger partial charge in [-0.15, -0.1) is 11.3 Å². The Labute approximate surface area is 161 Å². The minimum atomic E-state index is -3.55. The van der Waals surface area contributed by atoms with Gasteiger partial charge in [0, 0.05) is 12.6 Å². The summed E-state index contributed by atoms with van der Waals surface area (Å²) in [5.74, 6) is 0.313. The van der Waals surface area contributed by atoms with Crippen molar-refractivity contribution in [3.63, 3.8) is 0 Å². The number of nitrogens with zero attached hydrogens (tertiary/aromatic N) is 1. The Morgan fingerprint density at radius 2 is 2.00 bits per heavy atom. The van der Waals surface area contributed by atoms with Crippen LogP contribution in [0.5, 0.6) is 0 Å². The number of benzene rings is 1. The first-order valence-electron chi connectivity index (χ1n) is 8.32. The van der Waals surface area contributed by atoms with E-state index in [-0.39, 0.29) is 18.1 Å². The van der Waals surface area contributed by atoms with Crippen molar-refractivity contribution in [2.75, 3.05) is 11.9 Å². The summed E-state index contributed by atoms with van der Waals surface area (Å²) in [5, 5.41) is 5.04. The fraction of sp³-hybridized carbons (Fsp3) is 0.353. The zero-order chi connectivity index (χ0) is 18.3. The number of thiophene rings is 1. The molecule has 2 fully saturated rings. The summed E-state index contributed by atoms with van der Waals surface area (Å²) >= 11 is 7.29. The number of anilines is 1. The summed E-state index contributed by atoms with van der Waals surface area (Å²) < 4.78 is 28.1. The van der Waals surface area contributed by atoms with Gasteiger partial charge in [-0.2, -0.15) is 0 Å². The minimum Gasteiger partial charge on any atom is -0.320 e. The number of nitrogens with one attached hydrogen (secondary N) is 2. The third-order valence-electron chi connectivity index (χ3n) is 4.92. The highest BCUT2D eigenvalue weighted by molar-refractivity contribution is 7.91. The summed E-state index contributed by atoms with van der Waals surface area (Å²) in [6.45, 7) is 0.637. The maximum atomic E-state index is 12.7. The van der Waals surface area contributed by atoms with Crippen LogP contribution in [0.25, 0.3) is 0 Å². The van der Waals surface area contributed by atoms with E-state index < -0.39 is 10.0 Å². The van der Waals surface area contributed by atoms with Crippen molar-refractivity contribution in [2.24, 2.45) is 5.92 Å². The smallest absolute Gasteiger partial charge is 0.320 e. The quantitative estimate of drug-likeness (QED) is 0.809. The van der Waals surface area contributed by atoms with Crippen LogP contribution in [-0.4, -0.2) is 38.0 Å². The predicted octanol–water partition coefficient (Wildman–Crippen LogP) is 3.37. The Balaban J connectivity index is 1.47. The van der Waals surface area contributed by atoms with Crippen LogP contribution >= 0.6 is 22.9 Å². The van der Waals surface area contributed by atoms with Crippen molar-refractivity contribution >= 4 is 44.7 Å². The lowest BCUT2D eigenvalue weighted by Gasteiger charge is -2.33. The van der Waals surface area contributed by atoms with Gasteiger partial charge in [-0.3, -0.25) is 0 Å². The van der Waals surface area contributed by atoms with Crippen molar-refractivity contribution in [1.29, 1.82) is 0 Å². The molecule has 2 N–H and O–H groups in total. The van der Waals surface area contributed by atoms with Crippen LogP contribution < -0.4 is 10.0 Å². The number of urea groups is 1. The fourth-order valence-electron chi connectivity index (χ4n) is 3.81. The molecule has 138 valence electrons. The van der Waals surface area contributed by atoms with Crippen molar-refractivity contribution in [2.45, 2.75) is 29.1 Å². The van der Waals surface area contributed by atoms with Gasteiger partial charge in [0.15, 0.2) is 0 Å². The Kier molecular flexibility index (Phi) is 4.68. The van der Waals surface area contributed by atoms with Crippen LogP contribution in [-0.2, 0) is 10.0 Å². The maximum Gasteiger partial charge on any atom is 0.322 e. The fourth-order valence-corrected chi connectivity index (χ4v) is 6.28. The van der Waals surface area contributed by atoms with Crippen LogP contribution in [0.1, 0.15) is 12.8 Å². The van der Waals surface area contributed by atoms with Gasteiger partial charge in [-0.05, 0) is 42.3 Å². The van der Waals surface area contributed by atoms with E-state index in [0.717, 1.165) is 12.8 Å². The predicted molar refractivity (Wildman–Crippen MR) is 102 cm³/mol. The molecule has 1 aliphatic carbocycles. The second-order valence-corrected chi connectivity index (χ2v) is 9.92. The van der Waals surface area contributed by atoms with E-state index in [9.17, 15) is 13.2 Å². The molecular formula is C17H18ClN3O3S2. The highest BCUT2D eigenvalue weighted by atomic mass is 35.5. The highest BCUT2D eigenvalue weighted by Crippen LogP contribution is 2.39.